The highest BCUT2D eigenvalue weighted by molar-refractivity contribution is 5.92. The summed E-state index contributed by atoms with van der Waals surface area (Å²) in [5.74, 6) is 1.93. The number of hydrogen-bond donors (Lipinski definition) is 2. The van der Waals surface area contributed by atoms with Crippen LogP contribution in [0.2, 0.25) is 0 Å². The smallest absolute Gasteiger partial charge is 0.227 e. The maximum Gasteiger partial charge on any atom is 0.227 e. The number of fused-ring (bicyclic) bond motifs is 1. The van der Waals surface area contributed by atoms with E-state index in [4.69, 9.17) is 5.73 Å². The SMILES string of the molecule is CC(C)c1ccc(NC(=O)C2C[C@@H]3C[C@H](N)[C@@H]3C2)cn1. The highest BCUT2D eigenvalue weighted by Gasteiger charge is 2.47. The molecule has 0 aliphatic heterocycles. The lowest BCUT2D eigenvalue weighted by atomic mass is 9.72. The van der Waals surface area contributed by atoms with Crippen molar-refractivity contribution in [3.8, 4) is 0 Å². The van der Waals surface area contributed by atoms with Crippen molar-refractivity contribution in [3.05, 3.63) is 24.0 Å². The molecule has 1 amide bonds. The lowest BCUT2D eigenvalue weighted by molar-refractivity contribution is -0.119. The zero-order valence-corrected chi connectivity index (χ0v) is 12.2. The summed E-state index contributed by atoms with van der Waals surface area (Å²) in [7, 11) is 0. The van der Waals surface area contributed by atoms with Crippen LogP contribution in [0.25, 0.3) is 0 Å². The van der Waals surface area contributed by atoms with E-state index in [2.05, 4.69) is 24.1 Å². The van der Waals surface area contributed by atoms with Crippen molar-refractivity contribution in [1.29, 1.82) is 0 Å². The van der Waals surface area contributed by atoms with Gasteiger partial charge in [-0.25, -0.2) is 0 Å². The average molecular weight is 273 g/mol. The van der Waals surface area contributed by atoms with Gasteiger partial charge in [-0.05, 0) is 49.1 Å². The molecule has 4 atom stereocenters. The van der Waals surface area contributed by atoms with Gasteiger partial charge >= 0.3 is 0 Å². The fraction of sp³-hybridized carbons (Fsp3) is 0.625. The van der Waals surface area contributed by atoms with Crippen molar-refractivity contribution >= 4 is 11.6 Å². The maximum atomic E-state index is 12.3. The Balaban J connectivity index is 1.59. The predicted molar refractivity (Wildman–Crippen MR) is 79.3 cm³/mol. The second kappa shape index (κ2) is 5.17. The summed E-state index contributed by atoms with van der Waals surface area (Å²) in [6.07, 6.45) is 4.80. The number of rotatable bonds is 3. The van der Waals surface area contributed by atoms with E-state index in [1.54, 1.807) is 6.20 Å². The monoisotopic (exact) mass is 273 g/mol. The minimum absolute atomic E-state index is 0.128. The Morgan fingerprint density at radius 3 is 2.70 bits per heavy atom. The summed E-state index contributed by atoms with van der Waals surface area (Å²) in [6, 6.07) is 4.24. The van der Waals surface area contributed by atoms with Gasteiger partial charge in [-0.15, -0.1) is 0 Å². The van der Waals surface area contributed by atoms with Gasteiger partial charge in [0.2, 0.25) is 5.91 Å². The van der Waals surface area contributed by atoms with Crippen molar-refractivity contribution in [3.63, 3.8) is 0 Å². The van der Waals surface area contributed by atoms with Crippen LogP contribution in [-0.2, 0) is 4.79 Å². The van der Waals surface area contributed by atoms with Gasteiger partial charge in [-0.3, -0.25) is 9.78 Å². The third kappa shape index (κ3) is 2.44. The van der Waals surface area contributed by atoms with Gasteiger partial charge in [-0.1, -0.05) is 13.8 Å². The van der Waals surface area contributed by atoms with Crippen LogP contribution < -0.4 is 11.1 Å². The van der Waals surface area contributed by atoms with E-state index in [0.717, 1.165) is 30.6 Å². The molecule has 0 bridgehead atoms. The van der Waals surface area contributed by atoms with E-state index in [9.17, 15) is 4.79 Å². The number of nitrogens with one attached hydrogen (secondary N) is 1. The first-order chi connectivity index (χ1) is 9.54. The molecule has 4 nitrogen and oxygen atoms in total. The molecule has 20 heavy (non-hydrogen) atoms. The Morgan fingerprint density at radius 1 is 1.35 bits per heavy atom. The first-order valence-electron chi connectivity index (χ1n) is 7.57. The second-order valence-electron chi connectivity index (χ2n) is 6.61. The molecule has 4 heteroatoms. The summed E-state index contributed by atoms with van der Waals surface area (Å²) in [6.45, 7) is 4.22. The Bertz CT molecular complexity index is 497. The highest BCUT2D eigenvalue weighted by atomic mass is 16.1. The van der Waals surface area contributed by atoms with E-state index >= 15 is 0 Å². The number of aromatic nitrogens is 1. The molecule has 2 saturated carbocycles. The first-order valence-corrected chi connectivity index (χ1v) is 7.57. The molecule has 0 saturated heterocycles. The standard InChI is InChI=1S/C16H23N3O/c1-9(2)15-4-3-12(8-18-15)19-16(20)11-5-10-7-14(17)13(10)6-11/h3-4,8-11,13-14H,5-7,17H2,1-2H3,(H,19,20)/t10-,11?,13-,14+/m1/s1. The number of anilines is 1. The first kappa shape index (κ1) is 13.6. The van der Waals surface area contributed by atoms with E-state index in [-0.39, 0.29) is 11.8 Å². The van der Waals surface area contributed by atoms with Crippen molar-refractivity contribution in [2.45, 2.75) is 45.1 Å². The third-order valence-corrected chi connectivity index (χ3v) is 4.89. The minimum Gasteiger partial charge on any atom is -0.327 e. The molecule has 3 rings (SSSR count). The second-order valence-corrected chi connectivity index (χ2v) is 6.61. The summed E-state index contributed by atoms with van der Waals surface area (Å²) >= 11 is 0. The van der Waals surface area contributed by atoms with E-state index in [1.165, 1.54) is 0 Å². The molecule has 2 fully saturated rings. The number of nitrogens with two attached hydrogens (primary N) is 1. The Morgan fingerprint density at radius 2 is 2.15 bits per heavy atom. The van der Waals surface area contributed by atoms with Crippen molar-refractivity contribution < 1.29 is 4.79 Å². The van der Waals surface area contributed by atoms with Crippen LogP contribution in [0, 0.1) is 17.8 Å². The molecule has 0 radical (unpaired) electrons. The summed E-state index contributed by atoms with van der Waals surface area (Å²) in [4.78, 5) is 16.7. The van der Waals surface area contributed by atoms with Gasteiger partial charge in [0.15, 0.2) is 0 Å². The quantitative estimate of drug-likeness (QED) is 0.889. The van der Waals surface area contributed by atoms with Crippen LogP contribution in [0.1, 0.15) is 44.7 Å². The normalized spacial score (nSPS) is 31.8. The molecule has 2 aliphatic carbocycles. The number of carbonyl (C=O) groups is 1. The Hall–Kier alpha value is -1.42. The van der Waals surface area contributed by atoms with E-state index < -0.39 is 0 Å². The fourth-order valence-electron chi connectivity index (χ4n) is 3.56. The van der Waals surface area contributed by atoms with Gasteiger partial charge in [0.25, 0.3) is 0 Å². The summed E-state index contributed by atoms with van der Waals surface area (Å²) < 4.78 is 0. The molecule has 2 aliphatic rings. The lowest BCUT2D eigenvalue weighted by Crippen LogP contribution is -2.44. The molecular formula is C16H23N3O. The topological polar surface area (TPSA) is 68.0 Å². The van der Waals surface area contributed by atoms with Crippen LogP contribution in [0.5, 0.6) is 0 Å². The third-order valence-electron chi connectivity index (χ3n) is 4.89. The van der Waals surface area contributed by atoms with E-state index in [0.29, 0.717) is 23.8 Å². The Kier molecular flexibility index (Phi) is 3.50. The summed E-state index contributed by atoms with van der Waals surface area (Å²) in [5, 5.41) is 2.99. The lowest BCUT2D eigenvalue weighted by Gasteiger charge is -2.37. The predicted octanol–water partition coefficient (Wildman–Crippen LogP) is 2.52. The largest absolute Gasteiger partial charge is 0.327 e. The fourth-order valence-corrected chi connectivity index (χ4v) is 3.56. The van der Waals surface area contributed by atoms with Gasteiger partial charge in [0.1, 0.15) is 0 Å². The minimum atomic E-state index is 0.128. The van der Waals surface area contributed by atoms with Crippen molar-refractivity contribution in [1.82, 2.24) is 4.98 Å². The van der Waals surface area contributed by atoms with Crippen molar-refractivity contribution in [2.24, 2.45) is 23.5 Å². The van der Waals surface area contributed by atoms with Gasteiger partial charge in [-0.2, -0.15) is 0 Å². The van der Waals surface area contributed by atoms with Crippen LogP contribution >= 0.6 is 0 Å². The number of nitrogens with zero attached hydrogens (tertiary/aromatic N) is 1. The molecule has 0 spiro atoms. The zero-order valence-electron chi connectivity index (χ0n) is 12.2. The molecule has 1 unspecified atom stereocenters. The number of carbonyl (C=O) groups excluding carboxylic acids is 1. The molecule has 1 heterocycles. The molecule has 1 aromatic heterocycles. The van der Waals surface area contributed by atoms with Crippen LogP contribution in [0.3, 0.4) is 0 Å². The van der Waals surface area contributed by atoms with Crippen LogP contribution in [0.4, 0.5) is 5.69 Å². The van der Waals surface area contributed by atoms with Crippen LogP contribution in [-0.4, -0.2) is 16.9 Å². The number of pyridine rings is 1. The molecule has 1 aromatic rings. The Labute approximate surface area is 120 Å². The van der Waals surface area contributed by atoms with Gasteiger partial charge < -0.3 is 11.1 Å². The summed E-state index contributed by atoms with van der Waals surface area (Å²) in [5.41, 5.74) is 7.83. The van der Waals surface area contributed by atoms with Gasteiger partial charge in [0.05, 0.1) is 11.9 Å². The number of amides is 1. The molecule has 108 valence electrons. The van der Waals surface area contributed by atoms with Crippen LogP contribution in [0.15, 0.2) is 18.3 Å². The highest BCUT2D eigenvalue weighted by Crippen LogP contribution is 2.49. The van der Waals surface area contributed by atoms with E-state index in [1.807, 2.05) is 12.1 Å². The molecule has 3 N–H and O–H groups in total. The molecular weight excluding hydrogens is 250 g/mol. The zero-order chi connectivity index (χ0) is 14.3. The van der Waals surface area contributed by atoms with Crippen molar-refractivity contribution in [2.75, 3.05) is 5.32 Å². The average Bonchev–Trinajstić information content (AvgIpc) is 2.76. The van der Waals surface area contributed by atoms with Gasteiger partial charge in [0, 0.05) is 17.7 Å². The molecule has 0 aromatic carbocycles. The number of hydrogen-bond acceptors (Lipinski definition) is 3. The maximum absolute atomic E-state index is 12.3.